The summed E-state index contributed by atoms with van der Waals surface area (Å²) in [6, 6.07) is 7.17. The first-order chi connectivity index (χ1) is 10.1. The van der Waals surface area contributed by atoms with Gasteiger partial charge in [0.25, 0.3) is 0 Å². The molecule has 0 aromatic heterocycles. The van der Waals surface area contributed by atoms with Crippen molar-refractivity contribution in [2.75, 3.05) is 31.1 Å². The number of carbonyl (C=O) groups is 2. The van der Waals surface area contributed by atoms with E-state index in [1.54, 1.807) is 24.3 Å². The lowest BCUT2D eigenvalue weighted by atomic mass is 10.1. The van der Waals surface area contributed by atoms with Crippen molar-refractivity contribution in [2.45, 2.75) is 13.0 Å². The third-order valence-corrected chi connectivity index (χ3v) is 4.52. The highest BCUT2D eigenvalue weighted by molar-refractivity contribution is 8.00. The number of piperazine rings is 1. The van der Waals surface area contributed by atoms with Crippen LogP contribution in [0, 0.1) is 0 Å². The average molecular weight is 327 g/mol. The topological polar surface area (TPSA) is 49.4 Å². The molecule has 1 fully saturated rings. The number of thioether (sulfide) groups is 1. The van der Waals surface area contributed by atoms with E-state index in [-0.39, 0.29) is 11.7 Å². The number of Topliss-reactive ketones (excluding diaryl/α,β-unsaturated/α-hetero) is 1. The Hall–Kier alpha value is -1.04. The molecule has 1 heterocycles. The van der Waals surface area contributed by atoms with E-state index in [1.165, 1.54) is 11.8 Å². The molecule has 1 amide bonds. The zero-order valence-corrected chi connectivity index (χ0v) is 13.5. The summed E-state index contributed by atoms with van der Waals surface area (Å²) in [6.07, 6.45) is 0. The Kier molecular flexibility index (Phi) is 6.08. The molecule has 0 aliphatic carbocycles. The van der Waals surface area contributed by atoms with Gasteiger partial charge in [-0.3, -0.25) is 9.59 Å². The standard InChI is InChI=1S/C15H19ClN2O2S/c1-11-8-18(7-6-17-11)15(20)10-21-9-14(19)12-2-4-13(16)5-3-12/h2-5,11,17H,6-10H2,1H3. The molecule has 1 N–H and O–H groups in total. The highest BCUT2D eigenvalue weighted by atomic mass is 35.5. The zero-order valence-electron chi connectivity index (χ0n) is 12.0. The number of carbonyl (C=O) groups excluding carboxylic acids is 2. The molecule has 1 aliphatic rings. The first-order valence-corrected chi connectivity index (χ1v) is 8.47. The van der Waals surface area contributed by atoms with Crippen molar-refractivity contribution >= 4 is 35.1 Å². The number of hydrogen-bond acceptors (Lipinski definition) is 4. The molecule has 21 heavy (non-hydrogen) atoms. The van der Waals surface area contributed by atoms with Crippen LogP contribution in [0.1, 0.15) is 17.3 Å². The van der Waals surface area contributed by atoms with E-state index < -0.39 is 0 Å². The molecule has 1 unspecified atom stereocenters. The molecule has 2 rings (SSSR count). The fourth-order valence-corrected chi connectivity index (χ4v) is 3.14. The van der Waals surface area contributed by atoms with Crippen molar-refractivity contribution in [3.05, 3.63) is 34.9 Å². The highest BCUT2D eigenvalue weighted by Crippen LogP contribution is 2.13. The van der Waals surface area contributed by atoms with Gasteiger partial charge in [0, 0.05) is 36.3 Å². The van der Waals surface area contributed by atoms with E-state index in [0.717, 1.165) is 19.6 Å². The Morgan fingerprint density at radius 1 is 1.33 bits per heavy atom. The van der Waals surface area contributed by atoms with Gasteiger partial charge in [-0.1, -0.05) is 11.6 Å². The maximum absolute atomic E-state index is 12.1. The van der Waals surface area contributed by atoms with Crippen LogP contribution in [-0.2, 0) is 4.79 Å². The van der Waals surface area contributed by atoms with Gasteiger partial charge in [-0.15, -0.1) is 11.8 Å². The van der Waals surface area contributed by atoms with Crippen molar-refractivity contribution in [3.63, 3.8) is 0 Å². The predicted molar refractivity (Wildman–Crippen MR) is 87.2 cm³/mol. The molecule has 0 spiro atoms. The Labute approximate surface area is 134 Å². The van der Waals surface area contributed by atoms with Gasteiger partial charge in [0.2, 0.25) is 5.91 Å². The number of hydrogen-bond donors (Lipinski definition) is 1. The first kappa shape index (κ1) is 16.3. The monoisotopic (exact) mass is 326 g/mol. The largest absolute Gasteiger partial charge is 0.339 e. The van der Waals surface area contributed by atoms with Crippen molar-refractivity contribution in [1.29, 1.82) is 0 Å². The van der Waals surface area contributed by atoms with Gasteiger partial charge in [0.05, 0.1) is 11.5 Å². The minimum Gasteiger partial charge on any atom is -0.339 e. The molecule has 1 saturated heterocycles. The maximum Gasteiger partial charge on any atom is 0.232 e. The zero-order chi connectivity index (χ0) is 15.2. The number of amides is 1. The van der Waals surface area contributed by atoms with Crippen LogP contribution in [0.5, 0.6) is 0 Å². The van der Waals surface area contributed by atoms with Crippen molar-refractivity contribution < 1.29 is 9.59 Å². The molecule has 114 valence electrons. The fourth-order valence-electron chi connectivity index (χ4n) is 2.20. The van der Waals surface area contributed by atoms with Crippen LogP contribution in [-0.4, -0.2) is 53.8 Å². The van der Waals surface area contributed by atoms with Gasteiger partial charge in [0.1, 0.15) is 0 Å². The number of benzene rings is 1. The first-order valence-electron chi connectivity index (χ1n) is 6.94. The van der Waals surface area contributed by atoms with E-state index in [0.29, 0.717) is 28.1 Å². The third-order valence-electron chi connectivity index (χ3n) is 3.35. The number of rotatable bonds is 5. The second kappa shape index (κ2) is 7.82. The van der Waals surface area contributed by atoms with E-state index >= 15 is 0 Å². The van der Waals surface area contributed by atoms with Gasteiger partial charge >= 0.3 is 0 Å². The number of nitrogens with zero attached hydrogens (tertiary/aromatic N) is 1. The summed E-state index contributed by atoms with van der Waals surface area (Å²) in [5, 5.41) is 3.91. The van der Waals surface area contributed by atoms with Gasteiger partial charge < -0.3 is 10.2 Å². The molecule has 1 atom stereocenters. The smallest absolute Gasteiger partial charge is 0.232 e. The Bertz CT molecular complexity index is 507. The van der Waals surface area contributed by atoms with Crippen LogP contribution in [0.2, 0.25) is 5.02 Å². The molecule has 0 bridgehead atoms. The van der Waals surface area contributed by atoms with Gasteiger partial charge in [0.15, 0.2) is 5.78 Å². The number of nitrogens with one attached hydrogen (secondary N) is 1. The summed E-state index contributed by atoms with van der Waals surface area (Å²) >= 11 is 7.16. The number of ketones is 1. The predicted octanol–water partition coefficient (Wildman–Crippen LogP) is 2.08. The second-order valence-electron chi connectivity index (χ2n) is 5.12. The second-order valence-corrected chi connectivity index (χ2v) is 6.54. The van der Waals surface area contributed by atoms with Crippen LogP contribution in [0.25, 0.3) is 0 Å². The minimum absolute atomic E-state index is 0.0261. The van der Waals surface area contributed by atoms with Gasteiger partial charge in [-0.05, 0) is 31.2 Å². The Balaban J connectivity index is 1.74. The summed E-state index contributed by atoms with van der Waals surface area (Å²) in [5.41, 5.74) is 0.634. The summed E-state index contributed by atoms with van der Waals surface area (Å²) in [5.74, 6) is 0.802. The quantitative estimate of drug-likeness (QED) is 0.842. The molecular weight excluding hydrogens is 308 g/mol. The normalized spacial score (nSPS) is 18.6. The molecule has 1 aromatic carbocycles. The SMILES string of the molecule is CC1CN(C(=O)CSCC(=O)c2ccc(Cl)cc2)CCN1. The molecule has 0 saturated carbocycles. The van der Waals surface area contributed by atoms with E-state index in [9.17, 15) is 9.59 Å². The Morgan fingerprint density at radius 2 is 2.05 bits per heavy atom. The van der Waals surface area contributed by atoms with E-state index in [4.69, 9.17) is 11.6 Å². The van der Waals surface area contributed by atoms with Crippen molar-refractivity contribution in [2.24, 2.45) is 0 Å². The molecule has 6 heteroatoms. The van der Waals surface area contributed by atoms with Crippen LogP contribution in [0.3, 0.4) is 0 Å². The lowest BCUT2D eigenvalue weighted by molar-refractivity contribution is -0.129. The van der Waals surface area contributed by atoms with Gasteiger partial charge in [-0.25, -0.2) is 0 Å². The molecule has 1 aromatic rings. The van der Waals surface area contributed by atoms with Crippen molar-refractivity contribution in [1.82, 2.24) is 10.2 Å². The summed E-state index contributed by atoms with van der Waals surface area (Å²) < 4.78 is 0. The fraction of sp³-hybridized carbons (Fsp3) is 0.467. The van der Waals surface area contributed by atoms with Crippen LogP contribution in [0.15, 0.2) is 24.3 Å². The summed E-state index contributed by atoms with van der Waals surface area (Å²) in [7, 11) is 0. The summed E-state index contributed by atoms with van der Waals surface area (Å²) in [4.78, 5) is 25.9. The molecular formula is C15H19ClN2O2S. The highest BCUT2D eigenvalue weighted by Gasteiger charge is 2.20. The summed E-state index contributed by atoms with van der Waals surface area (Å²) in [6.45, 7) is 4.39. The third kappa shape index (κ3) is 5.02. The maximum atomic E-state index is 12.1. The van der Waals surface area contributed by atoms with Crippen LogP contribution >= 0.6 is 23.4 Å². The lowest BCUT2D eigenvalue weighted by Crippen LogP contribution is -2.51. The van der Waals surface area contributed by atoms with E-state index in [2.05, 4.69) is 12.2 Å². The molecule has 4 nitrogen and oxygen atoms in total. The van der Waals surface area contributed by atoms with E-state index in [1.807, 2.05) is 4.90 Å². The molecule has 1 aliphatic heterocycles. The number of halogens is 1. The molecule has 0 radical (unpaired) electrons. The van der Waals surface area contributed by atoms with Crippen LogP contribution in [0.4, 0.5) is 0 Å². The lowest BCUT2D eigenvalue weighted by Gasteiger charge is -2.31. The van der Waals surface area contributed by atoms with Crippen molar-refractivity contribution in [3.8, 4) is 0 Å². The average Bonchev–Trinajstić information content (AvgIpc) is 2.47. The minimum atomic E-state index is 0.0261. The Morgan fingerprint density at radius 3 is 2.71 bits per heavy atom. The van der Waals surface area contributed by atoms with Crippen LogP contribution < -0.4 is 5.32 Å². The van der Waals surface area contributed by atoms with Gasteiger partial charge in [-0.2, -0.15) is 0 Å².